The van der Waals surface area contributed by atoms with Crippen molar-refractivity contribution in [3.05, 3.63) is 35.4 Å². The van der Waals surface area contributed by atoms with E-state index in [9.17, 15) is 4.79 Å². The highest BCUT2D eigenvalue weighted by atomic mass is 79.9. The second kappa shape index (κ2) is 9.17. The minimum Gasteiger partial charge on any atom is -0.350 e. The van der Waals surface area contributed by atoms with Gasteiger partial charge in [0, 0.05) is 11.8 Å². The summed E-state index contributed by atoms with van der Waals surface area (Å²) in [6.07, 6.45) is 3.71. The van der Waals surface area contributed by atoms with Gasteiger partial charge in [0.25, 0.3) is 0 Å². The van der Waals surface area contributed by atoms with E-state index in [1.54, 1.807) is 0 Å². The molecular weight excluding hydrogens is 314 g/mol. The summed E-state index contributed by atoms with van der Waals surface area (Å²) >= 11 is 3.38. The molecule has 0 fully saturated rings. The molecule has 1 atom stereocenters. The monoisotopic (exact) mass is 339 g/mol. The minimum absolute atomic E-state index is 0.0829. The molecular formula is C17H26BrNO. The van der Waals surface area contributed by atoms with Crippen LogP contribution in [0.4, 0.5) is 0 Å². The van der Waals surface area contributed by atoms with Gasteiger partial charge in [-0.25, -0.2) is 0 Å². The summed E-state index contributed by atoms with van der Waals surface area (Å²) in [6, 6.07) is 8.67. The first-order chi connectivity index (χ1) is 9.52. The van der Waals surface area contributed by atoms with E-state index in [0.717, 1.165) is 24.6 Å². The summed E-state index contributed by atoms with van der Waals surface area (Å²) in [5.41, 5.74) is 2.53. The van der Waals surface area contributed by atoms with E-state index < -0.39 is 0 Å². The lowest BCUT2D eigenvalue weighted by Gasteiger charge is -2.15. The SMILES string of the molecule is CC(C)Cc1ccc(C(C)NC(=O)CCCCBr)cc1. The van der Waals surface area contributed by atoms with E-state index in [2.05, 4.69) is 59.4 Å². The number of halogens is 1. The van der Waals surface area contributed by atoms with Crippen molar-refractivity contribution >= 4 is 21.8 Å². The van der Waals surface area contributed by atoms with E-state index in [1.165, 1.54) is 11.1 Å². The third-order valence-corrected chi connectivity index (χ3v) is 3.85. The van der Waals surface area contributed by atoms with Gasteiger partial charge in [0.05, 0.1) is 6.04 Å². The first-order valence-corrected chi connectivity index (χ1v) is 8.59. The average Bonchev–Trinajstić information content (AvgIpc) is 2.39. The number of carbonyl (C=O) groups excluding carboxylic acids is 1. The molecule has 0 saturated heterocycles. The Labute approximate surface area is 131 Å². The normalized spacial score (nSPS) is 12.4. The lowest BCUT2D eigenvalue weighted by atomic mass is 10.00. The molecule has 0 heterocycles. The Hall–Kier alpha value is -0.830. The maximum Gasteiger partial charge on any atom is 0.220 e. The Kier molecular flexibility index (Phi) is 7.90. The molecule has 1 amide bonds. The van der Waals surface area contributed by atoms with E-state index in [-0.39, 0.29) is 11.9 Å². The Morgan fingerprint density at radius 2 is 1.80 bits per heavy atom. The number of nitrogens with one attached hydrogen (secondary N) is 1. The molecule has 2 nitrogen and oxygen atoms in total. The maximum atomic E-state index is 11.8. The van der Waals surface area contributed by atoms with Crippen LogP contribution < -0.4 is 5.32 Å². The maximum absolute atomic E-state index is 11.8. The number of alkyl halides is 1. The van der Waals surface area contributed by atoms with Crippen LogP contribution in [0.25, 0.3) is 0 Å². The van der Waals surface area contributed by atoms with Crippen molar-refractivity contribution in [3.8, 4) is 0 Å². The summed E-state index contributed by atoms with van der Waals surface area (Å²) in [7, 11) is 0. The summed E-state index contributed by atoms with van der Waals surface area (Å²) < 4.78 is 0. The number of carbonyl (C=O) groups is 1. The highest BCUT2D eigenvalue weighted by molar-refractivity contribution is 9.09. The van der Waals surface area contributed by atoms with Crippen LogP contribution in [0.15, 0.2) is 24.3 Å². The molecule has 0 aliphatic rings. The van der Waals surface area contributed by atoms with Gasteiger partial charge in [-0.1, -0.05) is 54.0 Å². The van der Waals surface area contributed by atoms with E-state index in [1.807, 2.05) is 6.92 Å². The van der Waals surface area contributed by atoms with Crippen molar-refractivity contribution in [3.63, 3.8) is 0 Å². The van der Waals surface area contributed by atoms with Gasteiger partial charge in [-0.2, -0.15) is 0 Å². The van der Waals surface area contributed by atoms with Gasteiger partial charge in [0.1, 0.15) is 0 Å². The van der Waals surface area contributed by atoms with Crippen molar-refractivity contribution in [1.29, 1.82) is 0 Å². The van der Waals surface area contributed by atoms with Crippen LogP contribution in [0.1, 0.15) is 57.2 Å². The average molecular weight is 340 g/mol. The Bertz CT molecular complexity index is 400. The first kappa shape index (κ1) is 17.2. The summed E-state index contributed by atoms with van der Waals surface area (Å²) in [6.45, 7) is 6.49. The molecule has 1 N–H and O–H groups in total. The molecule has 1 rings (SSSR count). The second-order valence-electron chi connectivity index (χ2n) is 5.77. The zero-order chi connectivity index (χ0) is 15.0. The largest absolute Gasteiger partial charge is 0.350 e. The second-order valence-corrected chi connectivity index (χ2v) is 6.57. The summed E-state index contributed by atoms with van der Waals surface area (Å²) in [5.74, 6) is 0.817. The van der Waals surface area contributed by atoms with Crippen molar-refractivity contribution in [2.24, 2.45) is 5.92 Å². The Morgan fingerprint density at radius 1 is 1.15 bits per heavy atom. The van der Waals surface area contributed by atoms with Crippen molar-refractivity contribution in [2.75, 3.05) is 5.33 Å². The predicted molar refractivity (Wildman–Crippen MR) is 89.2 cm³/mol. The van der Waals surface area contributed by atoms with Crippen LogP contribution in [-0.4, -0.2) is 11.2 Å². The fourth-order valence-electron chi connectivity index (χ4n) is 2.19. The number of hydrogen-bond acceptors (Lipinski definition) is 1. The number of unbranched alkanes of at least 4 members (excludes halogenated alkanes) is 1. The minimum atomic E-state index is 0.0829. The summed E-state index contributed by atoms with van der Waals surface area (Å²) in [4.78, 5) is 11.8. The molecule has 3 heteroatoms. The van der Waals surface area contributed by atoms with Gasteiger partial charge in [-0.05, 0) is 43.2 Å². The molecule has 0 spiro atoms. The highest BCUT2D eigenvalue weighted by Gasteiger charge is 2.09. The van der Waals surface area contributed by atoms with Gasteiger partial charge in [-0.3, -0.25) is 4.79 Å². The molecule has 112 valence electrons. The molecule has 0 bridgehead atoms. The molecule has 0 saturated carbocycles. The third kappa shape index (κ3) is 6.56. The summed E-state index contributed by atoms with van der Waals surface area (Å²) in [5, 5.41) is 4.03. The van der Waals surface area contributed by atoms with E-state index in [4.69, 9.17) is 0 Å². The molecule has 20 heavy (non-hydrogen) atoms. The first-order valence-electron chi connectivity index (χ1n) is 7.47. The fraction of sp³-hybridized carbons (Fsp3) is 0.588. The van der Waals surface area contributed by atoms with Gasteiger partial charge in [0.15, 0.2) is 0 Å². The van der Waals surface area contributed by atoms with Crippen molar-refractivity contribution < 1.29 is 4.79 Å². The zero-order valence-electron chi connectivity index (χ0n) is 12.8. The molecule has 0 aliphatic heterocycles. The highest BCUT2D eigenvalue weighted by Crippen LogP contribution is 2.16. The quantitative estimate of drug-likeness (QED) is 0.543. The van der Waals surface area contributed by atoms with Crippen LogP contribution in [0.3, 0.4) is 0 Å². The number of rotatable bonds is 8. The number of benzene rings is 1. The third-order valence-electron chi connectivity index (χ3n) is 3.29. The lowest BCUT2D eigenvalue weighted by Crippen LogP contribution is -2.26. The van der Waals surface area contributed by atoms with Crippen LogP contribution in [0.5, 0.6) is 0 Å². The zero-order valence-corrected chi connectivity index (χ0v) is 14.4. The molecule has 0 aromatic heterocycles. The van der Waals surface area contributed by atoms with Crippen molar-refractivity contribution in [1.82, 2.24) is 5.32 Å². The molecule has 1 aromatic carbocycles. The van der Waals surface area contributed by atoms with Gasteiger partial charge >= 0.3 is 0 Å². The van der Waals surface area contributed by atoms with Crippen LogP contribution >= 0.6 is 15.9 Å². The van der Waals surface area contributed by atoms with Gasteiger partial charge in [0.2, 0.25) is 5.91 Å². The predicted octanol–water partition coefficient (Wildman–Crippen LogP) is 4.63. The Morgan fingerprint density at radius 3 is 2.35 bits per heavy atom. The topological polar surface area (TPSA) is 29.1 Å². The van der Waals surface area contributed by atoms with Crippen LogP contribution in [0.2, 0.25) is 0 Å². The van der Waals surface area contributed by atoms with E-state index in [0.29, 0.717) is 12.3 Å². The molecule has 1 aromatic rings. The van der Waals surface area contributed by atoms with Crippen LogP contribution in [-0.2, 0) is 11.2 Å². The standard InChI is InChI=1S/C17H26BrNO/c1-13(2)12-15-7-9-16(10-8-15)14(3)19-17(20)6-4-5-11-18/h7-10,13-14H,4-6,11-12H2,1-3H3,(H,19,20). The number of hydrogen-bond donors (Lipinski definition) is 1. The fourth-order valence-corrected chi connectivity index (χ4v) is 2.59. The van der Waals surface area contributed by atoms with Gasteiger partial charge < -0.3 is 5.32 Å². The van der Waals surface area contributed by atoms with Gasteiger partial charge in [-0.15, -0.1) is 0 Å². The van der Waals surface area contributed by atoms with E-state index >= 15 is 0 Å². The molecule has 0 radical (unpaired) electrons. The number of amides is 1. The molecule has 0 aliphatic carbocycles. The molecule has 1 unspecified atom stereocenters. The van der Waals surface area contributed by atoms with Crippen LogP contribution in [0, 0.1) is 5.92 Å². The Balaban J connectivity index is 2.46. The van der Waals surface area contributed by atoms with Crippen molar-refractivity contribution in [2.45, 2.75) is 52.5 Å². The lowest BCUT2D eigenvalue weighted by molar-refractivity contribution is -0.121. The smallest absolute Gasteiger partial charge is 0.220 e.